The molecule has 0 unspecified atom stereocenters. The number of carbonyl (C=O) groups excluding carboxylic acids is 1. The Morgan fingerprint density at radius 3 is 2.32 bits per heavy atom. The molecule has 0 aliphatic carbocycles. The third kappa shape index (κ3) is 6.92. The summed E-state index contributed by atoms with van der Waals surface area (Å²) >= 11 is 0. The van der Waals surface area contributed by atoms with E-state index in [2.05, 4.69) is 10.6 Å². The van der Waals surface area contributed by atoms with Gasteiger partial charge in [-0.15, -0.1) is 0 Å². The minimum atomic E-state index is -0.866. The highest BCUT2D eigenvalue weighted by Gasteiger charge is 2.01. The molecule has 6 nitrogen and oxygen atoms in total. The number of amides is 2. The van der Waals surface area contributed by atoms with E-state index in [-0.39, 0.29) is 18.2 Å². The minimum Gasteiger partial charge on any atom is -0.508 e. The first kappa shape index (κ1) is 14.8. The Morgan fingerprint density at radius 1 is 1.05 bits per heavy atom. The van der Waals surface area contributed by atoms with E-state index in [9.17, 15) is 9.59 Å². The molecule has 1 aromatic carbocycles. The topological polar surface area (TPSA) is 98.7 Å². The highest BCUT2D eigenvalue weighted by Crippen LogP contribution is 2.09. The maximum atomic E-state index is 11.3. The van der Waals surface area contributed by atoms with E-state index in [0.717, 1.165) is 5.56 Å². The number of rotatable bonds is 7. The molecule has 0 fully saturated rings. The third-order valence-electron chi connectivity index (χ3n) is 2.49. The molecule has 19 heavy (non-hydrogen) atoms. The molecule has 0 saturated heterocycles. The van der Waals surface area contributed by atoms with Crippen molar-refractivity contribution in [3.63, 3.8) is 0 Å². The number of carbonyl (C=O) groups is 2. The highest BCUT2D eigenvalue weighted by atomic mass is 16.4. The van der Waals surface area contributed by atoms with E-state index in [1.165, 1.54) is 0 Å². The van der Waals surface area contributed by atoms with Crippen molar-refractivity contribution < 1.29 is 19.8 Å². The SMILES string of the molecule is O=C(O)CCCNC(=O)NCCc1ccc(O)cc1. The second-order valence-electron chi connectivity index (χ2n) is 4.10. The summed E-state index contributed by atoms with van der Waals surface area (Å²) in [5.74, 6) is -0.651. The number of hydrogen-bond donors (Lipinski definition) is 4. The van der Waals surface area contributed by atoms with Crippen LogP contribution < -0.4 is 10.6 Å². The number of hydrogen-bond acceptors (Lipinski definition) is 3. The molecule has 0 aliphatic rings. The predicted molar refractivity (Wildman–Crippen MR) is 70.1 cm³/mol. The Labute approximate surface area is 111 Å². The molecule has 0 spiro atoms. The van der Waals surface area contributed by atoms with Crippen LogP contribution in [0.3, 0.4) is 0 Å². The Bertz CT molecular complexity index is 417. The number of urea groups is 1. The van der Waals surface area contributed by atoms with Gasteiger partial charge < -0.3 is 20.8 Å². The maximum Gasteiger partial charge on any atom is 0.314 e. The zero-order valence-corrected chi connectivity index (χ0v) is 10.6. The Balaban J connectivity index is 2.10. The molecule has 104 valence electrons. The van der Waals surface area contributed by atoms with Gasteiger partial charge in [0.25, 0.3) is 0 Å². The number of phenolic OH excluding ortho intramolecular Hbond substituents is 1. The Morgan fingerprint density at radius 2 is 1.68 bits per heavy atom. The summed E-state index contributed by atoms with van der Waals surface area (Å²) in [4.78, 5) is 21.6. The normalized spacial score (nSPS) is 9.89. The van der Waals surface area contributed by atoms with Crippen molar-refractivity contribution in [2.45, 2.75) is 19.3 Å². The van der Waals surface area contributed by atoms with Gasteiger partial charge in [-0.25, -0.2) is 4.79 Å². The lowest BCUT2D eigenvalue weighted by atomic mass is 10.1. The summed E-state index contributed by atoms with van der Waals surface area (Å²) in [5, 5.41) is 22.8. The molecule has 6 heteroatoms. The van der Waals surface area contributed by atoms with Crippen LogP contribution in [0.2, 0.25) is 0 Å². The lowest BCUT2D eigenvalue weighted by molar-refractivity contribution is -0.137. The lowest BCUT2D eigenvalue weighted by Gasteiger charge is -2.07. The van der Waals surface area contributed by atoms with Crippen molar-refractivity contribution in [2.75, 3.05) is 13.1 Å². The molecule has 4 N–H and O–H groups in total. The van der Waals surface area contributed by atoms with E-state index in [1.54, 1.807) is 24.3 Å². The van der Waals surface area contributed by atoms with Crippen LogP contribution in [0.5, 0.6) is 5.75 Å². The van der Waals surface area contributed by atoms with Gasteiger partial charge in [0.05, 0.1) is 0 Å². The van der Waals surface area contributed by atoms with Crippen LogP contribution in [0, 0.1) is 0 Å². The van der Waals surface area contributed by atoms with Gasteiger partial charge in [0.15, 0.2) is 0 Å². The minimum absolute atomic E-state index is 0.0494. The first-order valence-electron chi connectivity index (χ1n) is 6.09. The molecule has 0 bridgehead atoms. The average molecular weight is 266 g/mol. The number of aliphatic carboxylic acids is 1. The van der Waals surface area contributed by atoms with E-state index >= 15 is 0 Å². The van der Waals surface area contributed by atoms with Crippen molar-refractivity contribution in [2.24, 2.45) is 0 Å². The predicted octanol–water partition coefficient (Wildman–Crippen LogP) is 1.10. The zero-order chi connectivity index (χ0) is 14.1. The number of aromatic hydroxyl groups is 1. The number of nitrogens with one attached hydrogen (secondary N) is 2. The number of carboxylic acid groups (broad SMARTS) is 1. The molecule has 0 heterocycles. The first-order valence-corrected chi connectivity index (χ1v) is 6.09. The standard InChI is InChI=1S/C13H18N2O4/c16-11-5-3-10(4-6-11)7-9-15-13(19)14-8-1-2-12(17)18/h3-6,16H,1-2,7-9H2,(H,17,18)(H2,14,15,19). The van der Waals surface area contributed by atoms with Crippen LogP contribution in [0.15, 0.2) is 24.3 Å². The lowest BCUT2D eigenvalue weighted by Crippen LogP contribution is -2.37. The third-order valence-corrected chi connectivity index (χ3v) is 2.49. The van der Waals surface area contributed by atoms with Crippen molar-refractivity contribution in [1.29, 1.82) is 0 Å². The molecule has 0 saturated carbocycles. The summed E-state index contributed by atoms with van der Waals surface area (Å²) in [6.45, 7) is 0.826. The molecule has 0 radical (unpaired) electrons. The van der Waals surface area contributed by atoms with Crippen LogP contribution in [0.1, 0.15) is 18.4 Å². The van der Waals surface area contributed by atoms with E-state index in [4.69, 9.17) is 10.2 Å². The molecule has 2 amide bonds. The summed E-state index contributed by atoms with van der Waals surface area (Å²) < 4.78 is 0. The second-order valence-corrected chi connectivity index (χ2v) is 4.10. The quantitative estimate of drug-likeness (QED) is 0.555. The van der Waals surface area contributed by atoms with E-state index in [0.29, 0.717) is 25.9 Å². The number of benzene rings is 1. The van der Waals surface area contributed by atoms with Gasteiger partial charge in [-0.05, 0) is 30.5 Å². The smallest absolute Gasteiger partial charge is 0.314 e. The molecular formula is C13H18N2O4. The van der Waals surface area contributed by atoms with Crippen LogP contribution in [-0.4, -0.2) is 35.3 Å². The largest absolute Gasteiger partial charge is 0.508 e. The maximum absolute atomic E-state index is 11.3. The average Bonchev–Trinajstić information content (AvgIpc) is 2.37. The fraction of sp³-hybridized carbons (Fsp3) is 0.385. The molecular weight excluding hydrogens is 248 g/mol. The fourth-order valence-electron chi connectivity index (χ4n) is 1.49. The van der Waals surface area contributed by atoms with Crippen molar-refractivity contribution in [1.82, 2.24) is 10.6 Å². The Hall–Kier alpha value is -2.24. The van der Waals surface area contributed by atoms with Crippen molar-refractivity contribution in [3.8, 4) is 5.75 Å². The summed E-state index contributed by atoms with van der Waals surface area (Å²) in [6.07, 6.45) is 1.14. The van der Waals surface area contributed by atoms with Crippen LogP contribution in [0.25, 0.3) is 0 Å². The number of carboxylic acids is 1. The first-order chi connectivity index (χ1) is 9.08. The van der Waals surface area contributed by atoms with Crippen LogP contribution in [0.4, 0.5) is 4.79 Å². The Kier molecular flexibility index (Phi) is 6.21. The van der Waals surface area contributed by atoms with Gasteiger partial charge in [-0.3, -0.25) is 4.79 Å². The summed E-state index contributed by atoms with van der Waals surface area (Å²) in [5.41, 5.74) is 1.02. The van der Waals surface area contributed by atoms with E-state index < -0.39 is 5.97 Å². The zero-order valence-electron chi connectivity index (χ0n) is 10.6. The van der Waals surface area contributed by atoms with Gasteiger partial charge in [-0.2, -0.15) is 0 Å². The molecule has 1 aromatic rings. The van der Waals surface area contributed by atoms with Crippen LogP contribution in [-0.2, 0) is 11.2 Å². The summed E-state index contributed by atoms with van der Waals surface area (Å²) in [7, 11) is 0. The van der Waals surface area contributed by atoms with Crippen molar-refractivity contribution >= 4 is 12.0 Å². The fourth-order valence-corrected chi connectivity index (χ4v) is 1.49. The van der Waals surface area contributed by atoms with Gasteiger partial charge in [0, 0.05) is 19.5 Å². The van der Waals surface area contributed by atoms with Crippen LogP contribution >= 0.6 is 0 Å². The highest BCUT2D eigenvalue weighted by molar-refractivity contribution is 5.73. The number of phenols is 1. The molecule has 0 aromatic heterocycles. The molecule has 0 atom stereocenters. The second kappa shape index (κ2) is 7.97. The van der Waals surface area contributed by atoms with E-state index in [1.807, 2.05) is 0 Å². The van der Waals surface area contributed by atoms with Gasteiger partial charge in [-0.1, -0.05) is 12.1 Å². The van der Waals surface area contributed by atoms with Crippen molar-refractivity contribution in [3.05, 3.63) is 29.8 Å². The summed E-state index contributed by atoms with van der Waals surface area (Å²) in [6, 6.07) is 6.48. The monoisotopic (exact) mass is 266 g/mol. The van der Waals surface area contributed by atoms with Gasteiger partial charge in [0.1, 0.15) is 5.75 Å². The molecule has 1 rings (SSSR count). The van der Waals surface area contributed by atoms with Gasteiger partial charge >= 0.3 is 12.0 Å². The van der Waals surface area contributed by atoms with Gasteiger partial charge in [0.2, 0.25) is 0 Å². The molecule has 0 aliphatic heterocycles.